The molecule has 3 heterocycles. The molecule has 0 saturated heterocycles. The first kappa shape index (κ1) is 19.1. The lowest BCUT2D eigenvalue weighted by Crippen LogP contribution is -2.34. The minimum absolute atomic E-state index is 0.114. The standard InChI is InChI=1S/C23H17N3O4S/c27-21-17-11-19(22(28)30-13-15-6-7-18-16(10-15)8-9-24-18)31-20(17)25-23(29)26(21)12-14-4-2-1-3-5-14/h1-11,24H,12-13H2,(H,25,29). The second-order valence-electron chi connectivity index (χ2n) is 7.14. The molecule has 31 heavy (non-hydrogen) atoms. The Labute approximate surface area is 179 Å². The Hall–Kier alpha value is -3.91. The van der Waals surface area contributed by atoms with Crippen molar-refractivity contribution in [2.24, 2.45) is 0 Å². The predicted molar refractivity (Wildman–Crippen MR) is 120 cm³/mol. The van der Waals surface area contributed by atoms with E-state index in [0.717, 1.165) is 37.9 Å². The lowest BCUT2D eigenvalue weighted by molar-refractivity contribution is 0.0479. The minimum atomic E-state index is -0.537. The third-order valence-electron chi connectivity index (χ3n) is 5.05. The average Bonchev–Trinajstić information content (AvgIpc) is 3.42. The Morgan fingerprint density at radius 3 is 2.68 bits per heavy atom. The Bertz CT molecular complexity index is 1530. The average molecular weight is 431 g/mol. The van der Waals surface area contributed by atoms with Gasteiger partial charge in [0, 0.05) is 11.7 Å². The highest BCUT2D eigenvalue weighted by atomic mass is 32.1. The fourth-order valence-corrected chi connectivity index (χ4v) is 4.40. The van der Waals surface area contributed by atoms with Crippen LogP contribution in [0, 0.1) is 0 Å². The first-order valence-electron chi connectivity index (χ1n) is 9.62. The van der Waals surface area contributed by atoms with Gasteiger partial charge in [0.1, 0.15) is 16.3 Å². The van der Waals surface area contributed by atoms with Crippen molar-refractivity contribution < 1.29 is 9.53 Å². The SMILES string of the molecule is O=C(OCc1ccc2[nH]ccc2c1)c1cc2c(=O)n(Cc3ccccc3)c(=O)[nH]c2s1. The first-order chi connectivity index (χ1) is 15.1. The zero-order valence-corrected chi connectivity index (χ0v) is 17.1. The molecule has 2 N–H and O–H groups in total. The summed E-state index contributed by atoms with van der Waals surface area (Å²) in [6.07, 6.45) is 1.85. The molecule has 2 aromatic carbocycles. The van der Waals surface area contributed by atoms with Gasteiger partial charge in [-0.05, 0) is 40.8 Å². The first-order valence-corrected chi connectivity index (χ1v) is 10.4. The van der Waals surface area contributed by atoms with Gasteiger partial charge in [-0.15, -0.1) is 11.3 Å². The number of hydrogen-bond donors (Lipinski definition) is 2. The van der Waals surface area contributed by atoms with Gasteiger partial charge in [-0.2, -0.15) is 0 Å². The molecule has 5 aromatic rings. The normalized spacial score (nSPS) is 11.2. The number of nitrogens with zero attached hydrogens (tertiary/aromatic N) is 1. The van der Waals surface area contributed by atoms with Crippen LogP contribution in [0.25, 0.3) is 21.1 Å². The molecule has 0 aliphatic heterocycles. The minimum Gasteiger partial charge on any atom is -0.457 e. The highest BCUT2D eigenvalue weighted by Gasteiger charge is 2.17. The van der Waals surface area contributed by atoms with Crippen LogP contribution in [0.2, 0.25) is 0 Å². The molecule has 0 spiro atoms. The third-order valence-corrected chi connectivity index (χ3v) is 6.08. The van der Waals surface area contributed by atoms with Crippen LogP contribution in [-0.4, -0.2) is 20.5 Å². The Kier molecular flexibility index (Phi) is 4.76. The van der Waals surface area contributed by atoms with Crippen LogP contribution in [0.1, 0.15) is 20.8 Å². The van der Waals surface area contributed by atoms with Crippen molar-refractivity contribution in [1.29, 1.82) is 0 Å². The zero-order chi connectivity index (χ0) is 21.4. The molecule has 8 heteroatoms. The lowest BCUT2D eigenvalue weighted by atomic mass is 10.2. The van der Waals surface area contributed by atoms with E-state index in [2.05, 4.69) is 9.97 Å². The summed E-state index contributed by atoms with van der Waals surface area (Å²) >= 11 is 1.04. The van der Waals surface area contributed by atoms with E-state index in [1.807, 2.05) is 60.8 Å². The van der Waals surface area contributed by atoms with Gasteiger partial charge in [-0.25, -0.2) is 9.59 Å². The molecule has 0 radical (unpaired) electrons. The maximum atomic E-state index is 12.9. The van der Waals surface area contributed by atoms with Crippen molar-refractivity contribution in [2.75, 3.05) is 0 Å². The van der Waals surface area contributed by atoms with Crippen LogP contribution >= 0.6 is 11.3 Å². The molecule has 0 bridgehead atoms. The largest absolute Gasteiger partial charge is 0.457 e. The van der Waals surface area contributed by atoms with Gasteiger partial charge in [0.05, 0.1) is 11.9 Å². The summed E-state index contributed by atoms with van der Waals surface area (Å²) in [5.41, 5.74) is 1.76. The van der Waals surface area contributed by atoms with Crippen molar-refractivity contribution in [3.05, 3.63) is 104 Å². The van der Waals surface area contributed by atoms with E-state index in [9.17, 15) is 14.4 Å². The Morgan fingerprint density at radius 2 is 1.84 bits per heavy atom. The molecule has 3 aromatic heterocycles. The highest BCUT2D eigenvalue weighted by molar-refractivity contribution is 7.20. The van der Waals surface area contributed by atoms with Gasteiger partial charge in [0.25, 0.3) is 5.56 Å². The number of H-pyrrole nitrogens is 2. The van der Waals surface area contributed by atoms with Crippen LogP contribution < -0.4 is 11.2 Å². The zero-order valence-electron chi connectivity index (χ0n) is 16.3. The lowest BCUT2D eigenvalue weighted by Gasteiger charge is -2.04. The van der Waals surface area contributed by atoms with Crippen LogP contribution in [0.4, 0.5) is 0 Å². The maximum absolute atomic E-state index is 12.9. The van der Waals surface area contributed by atoms with Crippen molar-refractivity contribution in [3.63, 3.8) is 0 Å². The number of hydrogen-bond acceptors (Lipinski definition) is 5. The molecule has 7 nitrogen and oxygen atoms in total. The van der Waals surface area contributed by atoms with Gasteiger partial charge in [0.2, 0.25) is 0 Å². The topological polar surface area (TPSA) is 96.9 Å². The molecular weight excluding hydrogens is 414 g/mol. The number of rotatable bonds is 5. The third kappa shape index (κ3) is 3.69. The number of nitrogens with one attached hydrogen (secondary N) is 2. The number of aromatic amines is 2. The van der Waals surface area contributed by atoms with Gasteiger partial charge in [-0.1, -0.05) is 36.4 Å². The summed E-state index contributed by atoms with van der Waals surface area (Å²) in [6.45, 7) is 0.269. The summed E-state index contributed by atoms with van der Waals surface area (Å²) in [5, 5.41) is 1.33. The van der Waals surface area contributed by atoms with Crippen LogP contribution in [0.3, 0.4) is 0 Å². The number of fused-ring (bicyclic) bond motifs is 2. The van der Waals surface area contributed by atoms with Crippen LogP contribution in [-0.2, 0) is 17.9 Å². The quantitative estimate of drug-likeness (QED) is 0.415. The number of ether oxygens (including phenoxy) is 1. The van der Waals surface area contributed by atoms with Crippen LogP contribution in [0.5, 0.6) is 0 Å². The van der Waals surface area contributed by atoms with Gasteiger partial charge >= 0.3 is 11.7 Å². The monoisotopic (exact) mass is 431 g/mol. The summed E-state index contributed by atoms with van der Waals surface area (Å²) in [5.74, 6) is -0.537. The number of carbonyl (C=O) groups excluding carboxylic acids is 1. The summed E-state index contributed by atoms with van der Waals surface area (Å²) in [4.78, 5) is 44.3. The van der Waals surface area contributed by atoms with E-state index in [0.29, 0.717) is 10.2 Å². The smallest absolute Gasteiger partial charge is 0.348 e. The summed E-state index contributed by atoms with van der Waals surface area (Å²) in [7, 11) is 0. The molecule has 0 fully saturated rings. The van der Waals surface area contributed by atoms with Crippen LogP contribution in [0.15, 0.2) is 76.4 Å². The maximum Gasteiger partial charge on any atom is 0.348 e. The number of carbonyl (C=O) groups is 1. The molecule has 0 atom stereocenters. The van der Waals surface area contributed by atoms with E-state index in [1.165, 1.54) is 6.07 Å². The number of esters is 1. The summed E-state index contributed by atoms with van der Waals surface area (Å²) in [6, 6.07) is 18.4. The number of aromatic nitrogens is 3. The molecule has 0 saturated carbocycles. The fraction of sp³-hybridized carbons (Fsp3) is 0.0870. The van der Waals surface area contributed by atoms with Crippen molar-refractivity contribution in [2.45, 2.75) is 13.2 Å². The Morgan fingerprint density at radius 1 is 1.00 bits per heavy atom. The Balaban J connectivity index is 1.39. The molecular formula is C23H17N3O4S. The number of benzene rings is 2. The predicted octanol–water partition coefficient (Wildman–Crippen LogP) is 3.64. The summed E-state index contributed by atoms with van der Waals surface area (Å²) < 4.78 is 6.56. The van der Waals surface area contributed by atoms with Gasteiger partial charge in [0.15, 0.2) is 0 Å². The number of thiophene rings is 1. The molecule has 0 amide bonds. The fourth-order valence-electron chi connectivity index (χ4n) is 3.47. The second kappa shape index (κ2) is 7.73. The van der Waals surface area contributed by atoms with Gasteiger partial charge in [-0.3, -0.25) is 14.3 Å². The molecule has 0 unspecified atom stereocenters. The molecule has 0 aliphatic carbocycles. The van der Waals surface area contributed by atoms with E-state index >= 15 is 0 Å². The van der Waals surface area contributed by atoms with E-state index in [4.69, 9.17) is 4.74 Å². The second-order valence-corrected chi connectivity index (χ2v) is 8.19. The van der Waals surface area contributed by atoms with E-state index in [1.54, 1.807) is 0 Å². The highest BCUT2D eigenvalue weighted by Crippen LogP contribution is 2.22. The van der Waals surface area contributed by atoms with Gasteiger partial charge < -0.3 is 9.72 Å². The molecule has 0 aliphatic rings. The molecule has 154 valence electrons. The molecule has 5 rings (SSSR count). The van der Waals surface area contributed by atoms with Crippen molar-refractivity contribution in [1.82, 2.24) is 14.5 Å². The van der Waals surface area contributed by atoms with E-state index < -0.39 is 17.2 Å². The van der Waals surface area contributed by atoms with E-state index in [-0.39, 0.29) is 18.0 Å². The van der Waals surface area contributed by atoms with Crippen molar-refractivity contribution >= 4 is 38.4 Å². The van der Waals surface area contributed by atoms with Crippen molar-refractivity contribution in [3.8, 4) is 0 Å².